The molecule has 0 spiro atoms. The number of aromatic nitrogens is 2. The Labute approximate surface area is 264 Å². The number of non-ortho nitro benzene ring substituents is 2. The number of nitro groups is 2. The zero-order chi connectivity index (χ0) is 33.6. The number of halogens is 1. The van der Waals surface area contributed by atoms with Crippen molar-refractivity contribution in [1.82, 2.24) is 20.2 Å². The summed E-state index contributed by atoms with van der Waals surface area (Å²) in [5.74, 6) is -1.38. The predicted molar refractivity (Wildman–Crippen MR) is 169 cm³/mol. The SMILES string of the molecule is CCCC[C@@H](CNC(=O)c1nc2ccc(-c3ccc([N+](=O)[O-])cc3)cc2n1Cc1cc([N+](=O)[O-])ccc1F)NC(=O)OC(C)(C)C. The third kappa shape index (κ3) is 8.40. The maximum Gasteiger partial charge on any atom is 0.407 e. The van der Waals surface area contributed by atoms with Gasteiger partial charge in [-0.05, 0) is 68.7 Å². The molecule has 0 saturated carbocycles. The van der Waals surface area contributed by atoms with Gasteiger partial charge in [-0.2, -0.15) is 0 Å². The van der Waals surface area contributed by atoms with E-state index in [1.54, 1.807) is 51.1 Å². The molecule has 0 aliphatic carbocycles. The summed E-state index contributed by atoms with van der Waals surface area (Å²) in [6, 6.07) is 13.7. The minimum absolute atomic E-state index is 0.0318. The summed E-state index contributed by atoms with van der Waals surface area (Å²) in [4.78, 5) is 52.0. The number of imidazole rings is 1. The summed E-state index contributed by atoms with van der Waals surface area (Å²) in [6.07, 6.45) is 1.60. The van der Waals surface area contributed by atoms with E-state index < -0.39 is 39.3 Å². The number of ether oxygens (including phenoxy) is 1. The lowest BCUT2D eigenvalue weighted by Crippen LogP contribution is -2.45. The number of amides is 2. The van der Waals surface area contributed by atoms with Crippen LogP contribution in [0.25, 0.3) is 22.2 Å². The van der Waals surface area contributed by atoms with Crippen LogP contribution < -0.4 is 10.6 Å². The fourth-order valence-electron chi connectivity index (χ4n) is 4.82. The molecular weight excluding hydrogens is 599 g/mol. The second kappa shape index (κ2) is 14.1. The third-order valence-electron chi connectivity index (χ3n) is 7.07. The number of nitro benzene ring substituents is 2. The maximum atomic E-state index is 15.0. The average molecular weight is 635 g/mol. The van der Waals surface area contributed by atoms with E-state index in [9.17, 15) is 34.2 Å². The second-order valence-electron chi connectivity index (χ2n) is 11.8. The van der Waals surface area contributed by atoms with Gasteiger partial charge in [-0.25, -0.2) is 14.2 Å². The molecule has 1 atom stereocenters. The lowest BCUT2D eigenvalue weighted by molar-refractivity contribution is -0.385. The molecule has 0 saturated heterocycles. The van der Waals surface area contributed by atoms with Gasteiger partial charge in [-0.15, -0.1) is 0 Å². The molecule has 14 heteroatoms. The number of hydrogen-bond donors (Lipinski definition) is 2. The number of carbonyl (C=O) groups excluding carboxylic acids is 2. The minimum atomic E-state index is -0.706. The van der Waals surface area contributed by atoms with Crippen LogP contribution >= 0.6 is 0 Å². The van der Waals surface area contributed by atoms with E-state index in [0.29, 0.717) is 28.6 Å². The molecular formula is C32H35FN6O7. The Morgan fingerprint density at radius 3 is 2.26 bits per heavy atom. The van der Waals surface area contributed by atoms with Crippen molar-refractivity contribution in [3.63, 3.8) is 0 Å². The molecule has 0 unspecified atom stereocenters. The molecule has 0 bridgehead atoms. The molecule has 2 N–H and O–H groups in total. The van der Waals surface area contributed by atoms with Gasteiger partial charge in [0.15, 0.2) is 5.82 Å². The van der Waals surface area contributed by atoms with Crippen molar-refractivity contribution in [2.75, 3.05) is 6.54 Å². The smallest absolute Gasteiger partial charge is 0.407 e. The van der Waals surface area contributed by atoms with E-state index in [2.05, 4.69) is 15.6 Å². The van der Waals surface area contributed by atoms with Gasteiger partial charge in [0.05, 0.1) is 27.4 Å². The maximum absolute atomic E-state index is 15.0. The van der Waals surface area contributed by atoms with Gasteiger partial charge in [-0.1, -0.05) is 25.8 Å². The van der Waals surface area contributed by atoms with Crippen molar-refractivity contribution in [3.8, 4) is 11.1 Å². The summed E-state index contributed by atoms with van der Waals surface area (Å²) in [7, 11) is 0. The van der Waals surface area contributed by atoms with E-state index in [1.807, 2.05) is 6.92 Å². The predicted octanol–water partition coefficient (Wildman–Crippen LogP) is 6.52. The Morgan fingerprint density at radius 1 is 0.978 bits per heavy atom. The zero-order valence-corrected chi connectivity index (χ0v) is 25.9. The summed E-state index contributed by atoms with van der Waals surface area (Å²) in [6.45, 7) is 7.04. The lowest BCUT2D eigenvalue weighted by Gasteiger charge is -2.24. The van der Waals surface area contributed by atoms with Gasteiger partial charge >= 0.3 is 6.09 Å². The van der Waals surface area contributed by atoms with E-state index in [1.165, 1.54) is 16.7 Å². The number of rotatable bonds is 12. The topological polar surface area (TPSA) is 172 Å². The highest BCUT2D eigenvalue weighted by atomic mass is 19.1. The van der Waals surface area contributed by atoms with Gasteiger partial charge in [0, 0.05) is 42.4 Å². The fraction of sp³-hybridized carbons (Fsp3) is 0.344. The Kier molecular flexibility index (Phi) is 10.3. The van der Waals surface area contributed by atoms with Gasteiger partial charge < -0.3 is 19.9 Å². The van der Waals surface area contributed by atoms with Crippen molar-refractivity contribution >= 4 is 34.4 Å². The summed E-state index contributed by atoms with van der Waals surface area (Å²) in [5.41, 5.74) is 1.01. The minimum Gasteiger partial charge on any atom is -0.444 e. The van der Waals surface area contributed by atoms with Crippen molar-refractivity contribution < 1.29 is 28.6 Å². The van der Waals surface area contributed by atoms with Crippen LogP contribution in [-0.4, -0.2) is 49.6 Å². The van der Waals surface area contributed by atoms with Gasteiger partial charge in [0.25, 0.3) is 17.3 Å². The van der Waals surface area contributed by atoms with Crippen LogP contribution in [0.4, 0.5) is 20.6 Å². The van der Waals surface area contributed by atoms with Crippen LogP contribution in [0, 0.1) is 26.0 Å². The molecule has 13 nitrogen and oxygen atoms in total. The average Bonchev–Trinajstić information content (AvgIpc) is 3.35. The van der Waals surface area contributed by atoms with E-state index in [0.717, 1.165) is 31.0 Å². The highest BCUT2D eigenvalue weighted by Crippen LogP contribution is 2.28. The molecule has 4 aromatic rings. The zero-order valence-electron chi connectivity index (χ0n) is 25.9. The molecule has 0 aliphatic rings. The first-order valence-corrected chi connectivity index (χ1v) is 14.7. The molecule has 242 valence electrons. The van der Waals surface area contributed by atoms with Crippen LogP contribution in [0.3, 0.4) is 0 Å². The fourth-order valence-corrected chi connectivity index (χ4v) is 4.82. The Hall–Kier alpha value is -5.40. The normalized spacial score (nSPS) is 12.0. The number of nitrogens with zero attached hydrogens (tertiary/aromatic N) is 4. The molecule has 3 aromatic carbocycles. The summed E-state index contributed by atoms with van der Waals surface area (Å²) < 4.78 is 21.8. The van der Waals surface area contributed by atoms with Gasteiger partial charge in [0.2, 0.25) is 0 Å². The van der Waals surface area contributed by atoms with Crippen molar-refractivity contribution in [2.24, 2.45) is 0 Å². The number of hydrogen-bond acceptors (Lipinski definition) is 8. The highest BCUT2D eigenvalue weighted by molar-refractivity contribution is 5.96. The Balaban J connectivity index is 1.71. The lowest BCUT2D eigenvalue weighted by atomic mass is 10.0. The first-order chi connectivity index (χ1) is 21.8. The van der Waals surface area contributed by atoms with Crippen LogP contribution in [0.5, 0.6) is 0 Å². The van der Waals surface area contributed by atoms with E-state index >= 15 is 0 Å². The Bertz CT molecular complexity index is 1770. The second-order valence-corrected chi connectivity index (χ2v) is 11.8. The van der Waals surface area contributed by atoms with E-state index in [4.69, 9.17) is 4.74 Å². The number of unbranched alkanes of at least 4 members (excludes halogenated alkanes) is 1. The number of fused-ring (bicyclic) bond motifs is 1. The molecule has 1 aromatic heterocycles. The summed E-state index contributed by atoms with van der Waals surface area (Å²) >= 11 is 0. The number of nitrogens with one attached hydrogen (secondary N) is 2. The quantitative estimate of drug-likeness (QED) is 0.131. The molecule has 0 fully saturated rings. The van der Waals surface area contributed by atoms with Crippen molar-refractivity contribution in [3.05, 3.63) is 98.1 Å². The highest BCUT2D eigenvalue weighted by Gasteiger charge is 2.24. The first kappa shape index (κ1) is 33.5. The van der Waals surface area contributed by atoms with Crippen LogP contribution in [-0.2, 0) is 11.3 Å². The number of alkyl carbamates (subject to hydrolysis) is 1. The molecule has 1 heterocycles. The van der Waals surface area contributed by atoms with Crippen LogP contribution in [0.1, 0.15) is 63.1 Å². The van der Waals surface area contributed by atoms with Gasteiger partial charge in [0.1, 0.15) is 11.4 Å². The Morgan fingerprint density at radius 2 is 1.63 bits per heavy atom. The third-order valence-corrected chi connectivity index (χ3v) is 7.07. The number of benzene rings is 3. The largest absolute Gasteiger partial charge is 0.444 e. The van der Waals surface area contributed by atoms with E-state index in [-0.39, 0.29) is 35.9 Å². The molecule has 0 radical (unpaired) electrons. The molecule has 2 amide bonds. The van der Waals surface area contributed by atoms with Gasteiger partial charge in [-0.3, -0.25) is 25.0 Å². The van der Waals surface area contributed by atoms with Crippen LogP contribution in [0.2, 0.25) is 0 Å². The molecule has 4 rings (SSSR count). The molecule has 0 aliphatic heterocycles. The van der Waals surface area contributed by atoms with Crippen molar-refractivity contribution in [1.29, 1.82) is 0 Å². The summed E-state index contributed by atoms with van der Waals surface area (Å²) in [5, 5.41) is 28.1. The molecule has 46 heavy (non-hydrogen) atoms. The standard InChI is InChI=1S/C32H35FN6O7/c1-5-6-7-23(35-31(41)46-32(2,3)4)18-34-30(40)29-36-27-15-10-21(20-8-11-24(12-9-20)38(42)43)17-28(27)37(29)19-22-16-25(39(44)45)13-14-26(22)33/h8-17,23H,5-7,18-19H2,1-4H3,(H,34,40)(H,35,41)/t23-/m0/s1. The monoisotopic (exact) mass is 634 g/mol. The first-order valence-electron chi connectivity index (χ1n) is 14.7. The van der Waals surface area contributed by atoms with Crippen molar-refractivity contribution in [2.45, 2.75) is 65.1 Å². The van der Waals surface area contributed by atoms with Crippen LogP contribution in [0.15, 0.2) is 60.7 Å². The number of carbonyl (C=O) groups is 2.